The third-order valence-electron chi connectivity index (χ3n) is 1.75. The van der Waals surface area contributed by atoms with Gasteiger partial charge >= 0.3 is 0 Å². The van der Waals surface area contributed by atoms with Gasteiger partial charge in [-0.05, 0) is 42.4 Å². The van der Waals surface area contributed by atoms with E-state index in [4.69, 9.17) is 16.6 Å². The third-order valence-corrected chi connectivity index (χ3v) is 1.75. The molecular formula is C4HN17. The maximum atomic E-state index is 8.37. The van der Waals surface area contributed by atoms with Crippen molar-refractivity contribution in [1.29, 1.82) is 0 Å². The number of aromatic nitrogens is 6. The summed E-state index contributed by atoms with van der Waals surface area (Å²) in [7, 11) is 0. The Morgan fingerprint density at radius 3 is 1.95 bits per heavy atom. The zero-order valence-electron chi connectivity index (χ0n) is 9.68. The highest BCUT2D eigenvalue weighted by Gasteiger charge is 2.09. The molecule has 2 rings (SSSR count). The van der Waals surface area contributed by atoms with Gasteiger partial charge in [-0.15, -0.1) is 20.4 Å². The average Bonchev–Trinajstić information content (AvgIpc) is 3.06. The predicted octanol–water partition coefficient (Wildman–Crippen LogP) is 2.37. The largest absolute Gasteiger partial charge is 0.243 e. The Morgan fingerprint density at radius 2 is 1.38 bits per heavy atom. The van der Waals surface area contributed by atoms with Crippen LogP contribution in [-0.2, 0) is 0 Å². The maximum absolute atomic E-state index is 8.37. The van der Waals surface area contributed by atoms with Gasteiger partial charge in [0.2, 0.25) is 17.8 Å². The zero-order chi connectivity index (χ0) is 15.1. The fourth-order valence-corrected chi connectivity index (χ4v) is 1.02. The molecule has 2 heterocycles. The van der Waals surface area contributed by atoms with Crippen molar-refractivity contribution < 1.29 is 0 Å². The van der Waals surface area contributed by atoms with Crippen LogP contribution in [0, 0.1) is 0 Å². The number of nitrogens with zero attached hydrogens (tertiary/aromatic N) is 17. The molecule has 0 aliphatic carbocycles. The van der Waals surface area contributed by atoms with Gasteiger partial charge in [0.25, 0.3) is 0 Å². The summed E-state index contributed by atoms with van der Waals surface area (Å²) in [6.07, 6.45) is 1.10. The minimum absolute atomic E-state index is 0.190. The first kappa shape index (κ1) is 13.2. The summed E-state index contributed by atoms with van der Waals surface area (Å²) in [6, 6.07) is 0. The van der Waals surface area contributed by atoms with E-state index in [1.165, 1.54) is 0 Å². The maximum Gasteiger partial charge on any atom is 0.243 e. The van der Waals surface area contributed by atoms with Gasteiger partial charge in [-0.2, -0.15) is 9.35 Å². The molecule has 0 atom stereocenters. The second-order valence-electron chi connectivity index (χ2n) is 2.83. The second-order valence-corrected chi connectivity index (χ2v) is 2.83. The van der Waals surface area contributed by atoms with Crippen LogP contribution in [0.2, 0.25) is 0 Å². The Balaban J connectivity index is 2.46. The molecule has 0 spiro atoms. The topological polar surface area (TPSA) is 232 Å². The highest BCUT2D eigenvalue weighted by atomic mass is 15.7. The van der Waals surface area contributed by atoms with Crippen molar-refractivity contribution in [2.45, 2.75) is 0 Å². The summed E-state index contributed by atoms with van der Waals surface area (Å²) in [5, 5.41) is 30.5. The normalized spacial score (nSPS) is 9.71. The van der Waals surface area contributed by atoms with E-state index in [2.05, 4.69) is 60.9 Å². The molecule has 0 saturated carbocycles. The first-order valence-corrected chi connectivity index (χ1v) is 4.73. The first-order valence-electron chi connectivity index (χ1n) is 4.73. The molecule has 0 aliphatic rings. The SMILES string of the molecule is [N-]=[N+]=Nc1nncn1N=Nn1c(N=[N+]=[N-])nnc1N=[N+]=[N-]. The molecule has 21 heavy (non-hydrogen) atoms. The van der Waals surface area contributed by atoms with Gasteiger partial charge in [0, 0.05) is 14.7 Å². The van der Waals surface area contributed by atoms with Crippen LogP contribution in [0.3, 0.4) is 0 Å². The molecule has 17 nitrogen and oxygen atoms in total. The van der Waals surface area contributed by atoms with Gasteiger partial charge in [-0.1, -0.05) is 0 Å². The van der Waals surface area contributed by atoms with Crippen LogP contribution in [-0.4, -0.2) is 29.7 Å². The fraction of sp³-hybridized carbons (Fsp3) is 0. The van der Waals surface area contributed by atoms with E-state index in [1.807, 2.05) is 0 Å². The van der Waals surface area contributed by atoms with Crippen LogP contribution in [0.4, 0.5) is 17.8 Å². The van der Waals surface area contributed by atoms with Gasteiger partial charge in [0.15, 0.2) is 0 Å². The summed E-state index contributed by atoms with van der Waals surface area (Å²) in [5.41, 5.74) is 25.1. The molecule has 0 saturated heterocycles. The molecular weight excluding hydrogens is 286 g/mol. The third kappa shape index (κ3) is 2.80. The number of azide groups is 3. The van der Waals surface area contributed by atoms with Crippen molar-refractivity contribution in [3.05, 3.63) is 37.7 Å². The Bertz CT molecular complexity index is 777. The predicted molar refractivity (Wildman–Crippen MR) is 62.1 cm³/mol. The lowest BCUT2D eigenvalue weighted by atomic mass is 11.0. The second kappa shape index (κ2) is 6.12. The van der Waals surface area contributed by atoms with Crippen LogP contribution in [0.25, 0.3) is 31.3 Å². The highest BCUT2D eigenvalue weighted by molar-refractivity contribution is 5.27. The lowest BCUT2D eigenvalue weighted by Gasteiger charge is -1.95. The zero-order valence-corrected chi connectivity index (χ0v) is 9.68. The lowest BCUT2D eigenvalue weighted by Crippen LogP contribution is -1.90. The smallest absolute Gasteiger partial charge is 0.178 e. The van der Waals surface area contributed by atoms with E-state index in [-0.39, 0.29) is 17.8 Å². The molecule has 17 heteroatoms. The van der Waals surface area contributed by atoms with Crippen molar-refractivity contribution in [2.24, 2.45) is 25.8 Å². The van der Waals surface area contributed by atoms with Gasteiger partial charge in [-0.3, -0.25) is 0 Å². The molecule has 0 aliphatic heterocycles. The highest BCUT2D eigenvalue weighted by Crippen LogP contribution is 2.18. The van der Waals surface area contributed by atoms with Gasteiger partial charge in [-0.25, -0.2) is 0 Å². The van der Waals surface area contributed by atoms with E-state index < -0.39 is 0 Å². The van der Waals surface area contributed by atoms with Gasteiger partial charge < -0.3 is 0 Å². The van der Waals surface area contributed by atoms with Crippen LogP contribution in [0.1, 0.15) is 0 Å². The lowest BCUT2D eigenvalue weighted by molar-refractivity contribution is 0.687. The Hall–Kier alpha value is -4.19. The standard InChI is InChI=1S/C4HN17/c5-15-12-2-9-8-1-20(2)18-19-21-3(13-16-6)10-11-4(21)14-17-7/h1H. The fourth-order valence-electron chi connectivity index (χ4n) is 1.02. The first-order chi connectivity index (χ1) is 10.3. The van der Waals surface area contributed by atoms with E-state index in [0.29, 0.717) is 0 Å². The van der Waals surface area contributed by atoms with Crippen LogP contribution in [0.15, 0.2) is 32.1 Å². The molecule has 0 amide bonds. The summed E-state index contributed by atoms with van der Waals surface area (Å²) in [5.74, 6) is -0.825. The average molecular weight is 287 g/mol. The summed E-state index contributed by atoms with van der Waals surface area (Å²) in [6.45, 7) is 0. The molecule has 2 aromatic rings. The minimum Gasteiger partial charge on any atom is -0.178 e. The van der Waals surface area contributed by atoms with Gasteiger partial charge in [0.1, 0.15) is 6.33 Å². The van der Waals surface area contributed by atoms with Crippen LogP contribution >= 0.6 is 0 Å². The number of rotatable bonds is 5. The summed E-state index contributed by atoms with van der Waals surface area (Å²) < 4.78 is 1.68. The Kier molecular flexibility index (Phi) is 3.86. The van der Waals surface area contributed by atoms with E-state index in [0.717, 1.165) is 15.7 Å². The molecule has 0 bridgehead atoms. The number of hydrogen-bond donors (Lipinski definition) is 0. The van der Waals surface area contributed by atoms with E-state index in [1.54, 1.807) is 0 Å². The monoisotopic (exact) mass is 287 g/mol. The van der Waals surface area contributed by atoms with Crippen LogP contribution < -0.4 is 0 Å². The minimum atomic E-state index is -0.318. The molecule has 2 aromatic heterocycles. The van der Waals surface area contributed by atoms with Gasteiger partial charge in [0.05, 0.1) is 0 Å². The van der Waals surface area contributed by atoms with E-state index >= 15 is 0 Å². The van der Waals surface area contributed by atoms with Crippen molar-refractivity contribution in [2.75, 3.05) is 0 Å². The van der Waals surface area contributed by atoms with Crippen molar-refractivity contribution >= 4 is 17.8 Å². The Labute approximate surface area is 112 Å². The van der Waals surface area contributed by atoms with Crippen molar-refractivity contribution in [1.82, 2.24) is 29.7 Å². The molecule has 0 fully saturated rings. The number of hydrogen-bond acceptors (Lipinski definition) is 9. The quantitative estimate of drug-likeness (QED) is 0.456. The van der Waals surface area contributed by atoms with Crippen LogP contribution in [0.5, 0.6) is 0 Å². The Morgan fingerprint density at radius 1 is 0.810 bits per heavy atom. The molecule has 0 unspecified atom stereocenters. The molecule has 0 N–H and O–H groups in total. The molecule has 0 aromatic carbocycles. The van der Waals surface area contributed by atoms with Crippen molar-refractivity contribution in [3.63, 3.8) is 0 Å². The summed E-state index contributed by atoms with van der Waals surface area (Å²) >= 11 is 0. The van der Waals surface area contributed by atoms with Crippen molar-refractivity contribution in [3.8, 4) is 0 Å². The van der Waals surface area contributed by atoms with E-state index in [9.17, 15) is 0 Å². The molecule has 0 radical (unpaired) electrons. The summed E-state index contributed by atoms with van der Waals surface area (Å²) in [4.78, 5) is 7.51. The molecule has 102 valence electrons.